The van der Waals surface area contributed by atoms with Crippen LogP contribution in [0.4, 0.5) is 0 Å². The average molecular weight is 308 g/mol. The molecule has 0 aliphatic carbocycles. The van der Waals surface area contributed by atoms with E-state index in [9.17, 15) is 4.79 Å². The zero-order chi connectivity index (χ0) is 16.1. The van der Waals surface area contributed by atoms with Crippen LogP contribution in [0.5, 0.6) is 0 Å². The summed E-state index contributed by atoms with van der Waals surface area (Å²) in [7, 11) is 1.41. The second-order valence-electron chi connectivity index (χ2n) is 6.19. The first-order valence-corrected chi connectivity index (χ1v) is 8.21. The van der Waals surface area contributed by atoms with E-state index in [4.69, 9.17) is 9.47 Å². The predicted octanol–water partition coefficient (Wildman–Crippen LogP) is 4.12. The summed E-state index contributed by atoms with van der Waals surface area (Å²) in [6.45, 7) is 4.39. The van der Waals surface area contributed by atoms with Gasteiger partial charge in [-0.1, -0.05) is 32.0 Å². The Morgan fingerprint density at radius 2 is 1.52 bits per heavy atom. The standard InChI is InChI=1S/C20H20O3/c1-4-11-8-16-17(9-12(11)5-2)19-15-10-13(20(21)22-3)6-7-14(15)18(16)23-19/h6-10,18-19H,4-5H2,1-3H3. The minimum Gasteiger partial charge on any atom is -0.465 e. The summed E-state index contributed by atoms with van der Waals surface area (Å²) in [5, 5.41) is 0. The molecule has 2 aliphatic heterocycles. The van der Waals surface area contributed by atoms with Crippen molar-refractivity contribution in [3.8, 4) is 0 Å². The Morgan fingerprint density at radius 1 is 0.957 bits per heavy atom. The normalized spacial score (nSPS) is 20.3. The molecule has 3 heteroatoms. The molecule has 2 bridgehead atoms. The molecule has 3 nitrogen and oxygen atoms in total. The van der Waals surface area contributed by atoms with Gasteiger partial charge in [-0.15, -0.1) is 0 Å². The molecule has 2 aromatic rings. The van der Waals surface area contributed by atoms with Gasteiger partial charge in [-0.05, 0) is 58.4 Å². The van der Waals surface area contributed by atoms with Crippen molar-refractivity contribution < 1.29 is 14.3 Å². The molecule has 0 aromatic heterocycles. The van der Waals surface area contributed by atoms with Crippen molar-refractivity contribution in [3.63, 3.8) is 0 Å². The third-order valence-electron chi connectivity index (χ3n) is 5.08. The van der Waals surface area contributed by atoms with E-state index in [1.54, 1.807) is 0 Å². The Morgan fingerprint density at radius 3 is 2.09 bits per heavy atom. The first-order valence-electron chi connectivity index (χ1n) is 8.21. The van der Waals surface area contributed by atoms with Crippen molar-refractivity contribution in [3.05, 3.63) is 69.3 Å². The Kier molecular flexibility index (Phi) is 3.27. The highest BCUT2D eigenvalue weighted by molar-refractivity contribution is 5.90. The average Bonchev–Trinajstić information content (AvgIpc) is 3.15. The third kappa shape index (κ3) is 1.96. The lowest BCUT2D eigenvalue weighted by Gasteiger charge is -2.19. The van der Waals surface area contributed by atoms with Gasteiger partial charge in [0, 0.05) is 0 Å². The highest BCUT2D eigenvalue weighted by Gasteiger charge is 2.43. The van der Waals surface area contributed by atoms with E-state index in [1.807, 2.05) is 18.2 Å². The summed E-state index contributed by atoms with van der Waals surface area (Å²) < 4.78 is 11.1. The van der Waals surface area contributed by atoms with Crippen molar-refractivity contribution in [1.29, 1.82) is 0 Å². The largest absolute Gasteiger partial charge is 0.465 e. The summed E-state index contributed by atoms with van der Waals surface area (Å²) in [6, 6.07) is 10.4. The zero-order valence-electron chi connectivity index (χ0n) is 13.7. The monoisotopic (exact) mass is 308 g/mol. The van der Waals surface area contributed by atoms with Crippen LogP contribution in [0.3, 0.4) is 0 Å². The molecule has 0 saturated heterocycles. The van der Waals surface area contributed by atoms with E-state index in [1.165, 1.54) is 34.9 Å². The summed E-state index contributed by atoms with van der Waals surface area (Å²) in [5.41, 5.74) is 8.24. The summed E-state index contributed by atoms with van der Waals surface area (Å²) >= 11 is 0. The Labute approximate surface area is 136 Å². The van der Waals surface area contributed by atoms with Crippen molar-refractivity contribution in [2.45, 2.75) is 38.9 Å². The van der Waals surface area contributed by atoms with E-state index in [2.05, 4.69) is 26.0 Å². The maximum atomic E-state index is 11.8. The number of methoxy groups -OCH3 is 1. The first kappa shape index (κ1) is 14.5. The van der Waals surface area contributed by atoms with Gasteiger partial charge in [0.05, 0.1) is 12.7 Å². The van der Waals surface area contributed by atoms with Crippen LogP contribution in [-0.4, -0.2) is 13.1 Å². The van der Waals surface area contributed by atoms with Gasteiger partial charge in [0.1, 0.15) is 12.2 Å². The van der Waals surface area contributed by atoms with Gasteiger partial charge in [0.25, 0.3) is 0 Å². The predicted molar refractivity (Wildman–Crippen MR) is 87.8 cm³/mol. The van der Waals surface area contributed by atoms with Gasteiger partial charge < -0.3 is 9.47 Å². The lowest BCUT2D eigenvalue weighted by Crippen LogP contribution is -2.08. The SMILES string of the molecule is CCc1cc2c(cc1CC)C1OC2c2ccc(C(=O)OC)cc21. The van der Waals surface area contributed by atoms with Crippen LogP contribution in [0, 0.1) is 0 Å². The van der Waals surface area contributed by atoms with Crippen LogP contribution in [0.25, 0.3) is 0 Å². The van der Waals surface area contributed by atoms with Gasteiger partial charge in [0.15, 0.2) is 0 Å². The third-order valence-corrected chi connectivity index (χ3v) is 5.08. The minimum absolute atomic E-state index is 0.00732. The van der Waals surface area contributed by atoms with Gasteiger partial charge in [0.2, 0.25) is 0 Å². The van der Waals surface area contributed by atoms with E-state index < -0.39 is 0 Å². The van der Waals surface area contributed by atoms with Gasteiger partial charge in [-0.3, -0.25) is 0 Å². The number of hydrogen-bond acceptors (Lipinski definition) is 3. The van der Waals surface area contributed by atoms with Crippen LogP contribution < -0.4 is 0 Å². The van der Waals surface area contributed by atoms with Crippen molar-refractivity contribution >= 4 is 5.97 Å². The second kappa shape index (κ2) is 5.20. The van der Waals surface area contributed by atoms with Crippen LogP contribution in [0.2, 0.25) is 0 Å². The Bertz CT molecular complexity index is 807. The maximum Gasteiger partial charge on any atom is 0.337 e. The number of fused-ring (bicyclic) bond motifs is 8. The molecule has 4 rings (SSSR count). The van der Waals surface area contributed by atoms with Crippen molar-refractivity contribution in [2.75, 3.05) is 7.11 Å². The second-order valence-corrected chi connectivity index (χ2v) is 6.19. The molecule has 2 atom stereocenters. The molecule has 0 saturated carbocycles. The van der Waals surface area contributed by atoms with Crippen LogP contribution in [0.15, 0.2) is 30.3 Å². The molecular weight excluding hydrogens is 288 g/mol. The molecule has 0 fully saturated rings. The molecule has 23 heavy (non-hydrogen) atoms. The number of aryl methyl sites for hydroxylation is 2. The lowest BCUT2D eigenvalue weighted by atomic mass is 9.82. The van der Waals surface area contributed by atoms with Crippen LogP contribution in [-0.2, 0) is 22.3 Å². The van der Waals surface area contributed by atoms with E-state index in [0.717, 1.165) is 18.4 Å². The van der Waals surface area contributed by atoms with E-state index in [0.29, 0.717) is 5.56 Å². The minimum atomic E-state index is -0.300. The zero-order valence-corrected chi connectivity index (χ0v) is 13.7. The fourth-order valence-corrected chi connectivity index (χ4v) is 3.89. The number of rotatable bonds is 3. The Balaban J connectivity index is 1.83. The number of benzene rings is 2. The summed E-state index contributed by atoms with van der Waals surface area (Å²) in [4.78, 5) is 11.8. The smallest absolute Gasteiger partial charge is 0.337 e. The lowest BCUT2D eigenvalue weighted by molar-refractivity contribution is 0.0600. The van der Waals surface area contributed by atoms with Gasteiger partial charge in [-0.25, -0.2) is 4.79 Å². The molecule has 0 amide bonds. The molecular formula is C20H20O3. The van der Waals surface area contributed by atoms with E-state index in [-0.39, 0.29) is 18.2 Å². The fraction of sp³-hybridized carbons (Fsp3) is 0.350. The molecule has 2 heterocycles. The molecule has 2 unspecified atom stereocenters. The molecule has 0 N–H and O–H groups in total. The number of esters is 1. The van der Waals surface area contributed by atoms with Crippen LogP contribution >= 0.6 is 0 Å². The van der Waals surface area contributed by atoms with Crippen LogP contribution in [0.1, 0.15) is 69.8 Å². The quantitative estimate of drug-likeness (QED) is 0.800. The van der Waals surface area contributed by atoms with Crippen molar-refractivity contribution in [2.24, 2.45) is 0 Å². The maximum absolute atomic E-state index is 11.8. The van der Waals surface area contributed by atoms with Gasteiger partial charge in [-0.2, -0.15) is 0 Å². The topological polar surface area (TPSA) is 35.5 Å². The number of hydrogen-bond donors (Lipinski definition) is 0. The number of carbonyl (C=O) groups excluding carboxylic acids is 1. The fourth-order valence-electron chi connectivity index (χ4n) is 3.89. The summed E-state index contributed by atoms with van der Waals surface area (Å²) in [6.07, 6.45) is 2.03. The number of ether oxygens (including phenoxy) is 2. The molecule has 0 radical (unpaired) electrons. The Hall–Kier alpha value is -2.13. The van der Waals surface area contributed by atoms with Crippen molar-refractivity contribution in [1.82, 2.24) is 0 Å². The summed E-state index contributed by atoms with van der Waals surface area (Å²) in [5.74, 6) is -0.300. The molecule has 2 aromatic carbocycles. The first-order chi connectivity index (χ1) is 11.2. The molecule has 118 valence electrons. The van der Waals surface area contributed by atoms with E-state index >= 15 is 0 Å². The highest BCUT2D eigenvalue weighted by Crippen LogP contribution is 2.54. The highest BCUT2D eigenvalue weighted by atomic mass is 16.5. The molecule has 0 spiro atoms. The van der Waals surface area contributed by atoms with Gasteiger partial charge >= 0.3 is 5.97 Å². The molecule has 2 aliphatic rings. The number of carbonyl (C=O) groups is 1.